The number of benzene rings is 2. The number of hydrogen-bond acceptors (Lipinski definition) is 6. The average molecular weight is 419 g/mol. The topological polar surface area (TPSA) is 54.0 Å². The Bertz CT molecular complexity index is 900. The number of fused-ring (bicyclic) bond motifs is 1. The van der Waals surface area contributed by atoms with E-state index in [1.165, 1.54) is 17.3 Å². The molecule has 0 radical (unpaired) electrons. The zero-order valence-electron chi connectivity index (χ0n) is 18.3. The second kappa shape index (κ2) is 10.4. The monoisotopic (exact) mass is 418 g/mol. The molecule has 5 nitrogen and oxygen atoms in total. The van der Waals surface area contributed by atoms with Gasteiger partial charge in [-0.1, -0.05) is 30.3 Å². The molecule has 1 unspecified atom stereocenters. The molecule has 1 atom stereocenters. The van der Waals surface area contributed by atoms with Crippen molar-refractivity contribution < 1.29 is 23.7 Å². The van der Waals surface area contributed by atoms with Gasteiger partial charge in [0.2, 0.25) is 0 Å². The molecule has 2 rings (SSSR count). The molecule has 158 valence electrons. The molecule has 0 saturated heterocycles. The third kappa shape index (κ3) is 4.99. The highest BCUT2D eigenvalue weighted by Crippen LogP contribution is 2.50. The van der Waals surface area contributed by atoms with Crippen LogP contribution in [0.25, 0.3) is 10.8 Å². The molecule has 0 saturated carbocycles. The Kier molecular flexibility index (Phi) is 8.26. The third-order valence-corrected chi connectivity index (χ3v) is 5.95. The van der Waals surface area contributed by atoms with E-state index in [9.17, 15) is 4.79 Å². The van der Waals surface area contributed by atoms with Gasteiger partial charge in [0, 0.05) is 17.2 Å². The number of rotatable bonds is 9. The van der Waals surface area contributed by atoms with Crippen molar-refractivity contribution in [3.8, 4) is 23.0 Å². The Morgan fingerprint density at radius 1 is 0.966 bits per heavy atom. The van der Waals surface area contributed by atoms with Gasteiger partial charge < -0.3 is 18.9 Å². The highest BCUT2D eigenvalue weighted by Gasteiger charge is 2.26. The van der Waals surface area contributed by atoms with Crippen molar-refractivity contribution in [1.29, 1.82) is 0 Å². The van der Waals surface area contributed by atoms with Crippen LogP contribution in [0.15, 0.2) is 29.8 Å². The van der Waals surface area contributed by atoms with E-state index in [1.807, 2.05) is 25.1 Å². The van der Waals surface area contributed by atoms with Crippen LogP contribution in [-0.4, -0.2) is 33.6 Å². The average Bonchev–Trinajstić information content (AvgIpc) is 2.74. The van der Waals surface area contributed by atoms with E-state index in [0.717, 1.165) is 16.3 Å². The maximum absolute atomic E-state index is 12.3. The normalized spacial score (nSPS) is 11.7. The summed E-state index contributed by atoms with van der Waals surface area (Å²) < 4.78 is 22.8. The van der Waals surface area contributed by atoms with Crippen LogP contribution < -0.4 is 18.9 Å². The summed E-state index contributed by atoms with van der Waals surface area (Å²) in [6.45, 7) is 5.98. The number of carbonyl (C=O) groups is 1. The zero-order valence-corrected chi connectivity index (χ0v) is 19.1. The Labute approximate surface area is 177 Å². The molecule has 0 aliphatic rings. The molecule has 2 aromatic rings. The van der Waals surface area contributed by atoms with Crippen molar-refractivity contribution in [3.05, 3.63) is 35.4 Å². The molecule has 0 fully saturated rings. The first-order chi connectivity index (χ1) is 13.9. The lowest BCUT2D eigenvalue weighted by atomic mass is 9.98. The highest BCUT2D eigenvalue weighted by atomic mass is 32.2. The lowest BCUT2D eigenvalue weighted by molar-refractivity contribution is -0.110. The van der Waals surface area contributed by atoms with Gasteiger partial charge in [-0.2, -0.15) is 0 Å². The van der Waals surface area contributed by atoms with E-state index in [1.54, 1.807) is 28.4 Å². The van der Waals surface area contributed by atoms with Crippen LogP contribution in [0.3, 0.4) is 0 Å². The Hall–Kier alpha value is -2.34. The number of thioether (sulfide) groups is 1. The SMILES string of the molecule is CCC(=O)SC(CC=C(C)C)c1cc(OC)c2c(OC)ccc(OC)c2c1OC. The summed E-state index contributed by atoms with van der Waals surface area (Å²) in [4.78, 5) is 12.3. The summed E-state index contributed by atoms with van der Waals surface area (Å²) in [7, 11) is 6.50. The number of methoxy groups -OCH3 is 4. The first-order valence-electron chi connectivity index (χ1n) is 9.54. The maximum Gasteiger partial charge on any atom is 0.189 e. The quantitative estimate of drug-likeness (QED) is 0.470. The second-order valence-electron chi connectivity index (χ2n) is 6.77. The fourth-order valence-electron chi connectivity index (χ4n) is 3.24. The zero-order chi connectivity index (χ0) is 21.6. The summed E-state index contributed by atoms with van der Waals surface area (Å²) in [5, 5.41) is 1.58. The predicted octanol–water partition coefficient (Wildman–Crippen LogP) is 5.94. The molecule has 6 heteroatoms. The minimum Gasteiger partial charge on any atom is -0.496 e. The third-order valence-electron chi connectivity index (χ3n) is 4.66. The molecule has 0 aliphatic carbocycles. The fraction of sp³-hybridized carbons (Fsp3) is 0.435. The van der Waals surface area contributed by atoms with Crippen LogP contribution in [0.1, 0.15) is 44.4 Å². The van der Waals surface area contributed by atoms with E-state index in [2.05, 4.69) is 19.9 Å². The predicted molar refractivity (Wildman–Crippen MR) is 120 cm³/mol. The van der Waals surface area contributed by atoms with Crippen molar-refractivity contribution in [1.82, 2.24) is 0 Å². The van der Waals surface area contributed by atoms with Crippen LogP contribution in [0.4, 0.5) is 0 Å². The largest absolute Gasteiger partial charge is 0.496 e. The van der Waals surface area contributed by atoms with E-state index < -0.39 is 0 Å². The van der Waals surface area contributed by atoms with Gasteiger partial charge in [-0.3, -0.25) is 4.79 Å². The van der Waals surface area contributed by atoms with Gasteiger partial charge in [0.1, 0.15) is 23.0 Å². The second-order valence-corrected chi connectivity index (χ2v) is 8.03. The molecule has 0 N–H and O–H groups in total. The minimum atomic E-state index is -0.110. The number of ether oxygens (including phenoxy) is 4. The lowest BCUT2D eigenvalue weighted by Crippen LogP contribution is -2.04. The van der Waals surface area contributed by atoms with Gasteiger partial charge in [-0.25, -0.2) is 0 Å². The molecular weight excluding hydrogens is 388 g/mol. The smallest absolute Gasteiger partial charge is 0.189 e. The fourth-order valence-corrected chi connectivity index (χ4v) is 4.22. The molecule has 0 aromatic heterocycles. The minimum absolute atomic E-state index is 0.110. The molecule has 2 aromatic carbocycles. The van der Waals surface area contributed by atoms with Gasteiger partial charge in [0.05, 0.1) is 39.2 Å². The van der Waals surface area contributed by atoms with Crippen molar-refractivity contribution in [2.24, 2.45) is 0 Å². The first kappa shape index (κ1) is 22.9. The summed E-state index contributed by atoms with van der Waals surface area (Å²) in [5.41, 5.74) is 2.10. The summed E-state index contributed by atoms with van der Waals surface area (Å²) in [5.74, 6) is 2.64. The molecular formula is C23H30O5S. The number of carbonyl (C=O) groups excluding carboxylic acids is 1. The van der Waals surface area contributed by atoms with Crippen LogP contribution in [0.5, 0.6) is 23.0 Å². The van der Waals surface area contributed by atoms with Gasteiger partial charge >= 0.3 is 0 Å². The number of hydrogen-bond donors (Lipinski definition) is 0. The van der Waals surface area contributed by atoms with Crippen LogP contribution in [-0.2, 0) is 4.79 Å². The Balaban J connectivity index is 2.85. The van der Waals surface area contributed by atoms with Crippen molar-refractivity contribution >= 4 is 27.6 Å². The van der Waals surface area contributed by atoms with Gasteiger partial charge in [-0.05, 0) is 38.5 Å². The van der Waals surface area contributed by atoms with Crippen LogP contribution in [0, 0.1) is 0 Å². The molecule has 0 amide bonds. The van der Waals surface area contributed by atoms with Crippen molar-refractivity contribution in [2.75, 3.05) is 28.4 Å². The Morgan fingerprint density at radius 2 is 1.55 bits per heavy atom. The van der Waals surface area contributed by atoms with Crippen LogP contribution in [0.2, 0.25) is 0 Å². The molecule has 0 spiro atoms. The van der Waals surface area contributed by atoms with E-state index in [-0.39, 0.29) is 10.4 Å². The summed E-state index contributed by atoms with van der Waals surface area (Å²) in [6, 6.07) is 5.64. The Morgan fingerprint density at radius 3 is 2.03 bits per heavy atom. The standard InChI is InChI=1S/C23H30O5S/c1-8-20(24)29-19(12-9-14(2)3)15-13-18(27-6)21-16(25-4)10-11-17(26-5)22(21)23(15)28-7/h9-11,13,19H,8,12H2,1-7H3. The van der Waals surface area contributed by atoms with Crippen molar-refractivity contribution in [2.45, 2.75) is 38.9 Å². The van der Waals surface area contributed by atoms with Gasteiger partial charge in [0.15, 0.2) is 5.12 Å². The number of allylic oxidation sites excluding steroid dienone is 2. The molecule has 29 heavy (non-hydrogen) atoms. The van der Waals surface area contributed by atoms with Crippen molar-refractivity contribution in [3.63, 3.8) is 0 Å². The van der Waals surface area contributed by atoms with E-state index in [0.29, 0.717) is 35.8 Å². The molecule has 0 aliphatic heterocycles. The van der Waals surface area contributed by atoms with E-state index >= 15 is 0 Å². The summed E-state index contributed by atoms with van der Waals surface area (Å²) >= 11 is 1.33. The highest BCUT2D eigenvalue weighted by molar-refractivity contribution is 8.13. The van der Waals surface area contributed by atoms with Gasteiger partial charge in [-0.15, -0.1) is 0 Å². The molecule has 0 heterocycles. The lowest BCUT2D eigenvalue weighted by Gasteiger charge is -2.23. The summed E-state index contributed by atoms with van der Waals surface area (Å²) in [6.07, 6.45) is 3.32. The van der Waals surface area contributed by atoms with Crippen LogP contribution >= 0.6 is 11.8 Å². The van der Waals surface area contributed by atoms with Gasteiger partial charge in [0.25, 0.3) is 0 Å². The molecule has 0 bridgehead atoms. The first-order valence-corrected chi connectivity index (χ1v) is 10.4. The van der Waals surface area contributed by atoms with E-state index in [4.69, 9.17) is 18.9 Å². The maximum atomic E-state index is 12.3.